The molecule has 1 aromatic heterocycles. The molecule has 212 valence electrons. The lowest BCUT2D eigenvalue weighted by Gasteiger charge is -2.18. The summed E-state index contributed by atoms with van der Waals surface area (Å²) in [6.45, 7) is 8.69. The van der Waals surface area contributed by atoms with E-state index in [1.165, 1.54) is 4.90 Å². The first-order valence-electron chi connectivity index (χ1n) is 13.8. The van der Waals surface area contributed by atoms with Crippen molar-refractivity contribution in [3.8, 4) is 11.5 Å². The van der Waals surface area contributed by atoms with E-state index in [0.29, 0.717) is 37.2 Å². The fourth-order valence-corrected chi connectivity index (χ4v) is 4.45. The van der Waals surface area contributed by atoms with Gasteiger partial charge in [-0.2, -0.15) is 9.97 Å². The molecule has 2 aromatic carbocycles. The molecule has 1 aliphatic heterocycles. The predicted molar refractivity (Wildman–Crippen MR) is 152 cm³/mol. The summed E-state index contributed by atoms with van der Waals surface area (Å²) in [7, 11) is 1.64. The molecule has 0 saturated carbocycles. The molecule has 4 rings (SSSR count). The molecular formula is C30H38N6O4. The number of benzene rings is 2. The zero-order chi connectivity index (χ0) is 28.3. The van der Waals surface area contributed by atoms with Gasteiger partial charge in [-0.25, -0.2) is 4.98 Å². The molecule has 3 aromatic rings. The number of aromatic nitrogens is 3. The third kappa shape index (κ3) is 8.47. The topological polar surface area (TPSA) is 110 Å². The minimum Gasteiger partial charge on any atom is -0.497 e. The van der Waals surface area contributed by atoms with Gasteiger partial charge in [0.2, 0.25) is 11.9 Å². The number of anilines is 1. The van der Waals surface area contributed by atoms with Crippen LogP contribution in [0.5, 0.6) is 11.5 Å². The second kappa shape index (κ2) is 14.4. The molecule has 1 amide bonds. The molecular weight excluding hydrogens is 508 g/mol. The third-order valence-corrected chi connectivity index (χ3v) is 6.87. The van der Waals surface area contributed by atoms with Crippen LogP contribution >= 0.6 is 0 Å². The number of likely N-dealkylation sites (tertiary alicyclic amines) is 1. The van der Waals surface area contributed by atoms with Crippen molar-refractivity contribution in [2.24, 2.45) is 0 Å². The Bertz CT molecular complexity index is 1260. The quantitative estimate of drug-likeness (QED) is 0.287. The summed E-state index contributed by atoms with van der Waals surface area (Å²) in [6, 6.07) is 15.9. The summed E-state index contributed by atoms with van der Waals surface area (Å²) in [5, 5.41) is 3.27. The molecule has 1 N–H and O–H groups in total. The van der Waals surface area contributed by atoms with Crippen molar-refractivity contribution in [3.05, 3.63) is 71.3 Å². The number of nitrogens with zero attached hydrogens (tertiary/aromatic N) is 5. The van der Waals surface area contributed by atoms with Crippen LogP contribution in [0.2, 0.25) is 0 Å². The maximum atomic E-state index is 12.2. The maximum absolute atomic E-state index is 12.2. The van der Waals surface area contributed by atoms with Gasteiger partial charge in [-0.15, -0.1) is 0 Å². The summed E-state index contributed by atoms with van der Waals surface area (Å²) in [6.07, 6.45) is 1.28. The first-order valence-corrected chi connectivity index (χ1v) is 13.8. The van der Waals surface area contributed by atoms with E-state index in [0.717, 1.165) is 48.7 Å². The molecule has 2 heterocycles. The van der Waals surface area contributed by atoms with E-state index < -0.39 is 0 Å². The molecule has 0 bridgehead atoms. The van der Waals surface area contributed by atoms with E-state index in [1.54, 1.807) is 7.11 Å². The Labute approximate surface area is 235 Å². The Morgan fingerprint density at radius 3 is 2.20 bits per heavy atom. The van der Waals surface area contributed by atoms with E-state index >= 15 is 0 Å². The number of nitrogens with one attached hydrogen (secondary N) is 1. The number of ketones is 1. The highest BCUT2D eigenvalue weighted by atomic mass is 16.5. The number of carbonyl (C=O) groups excluding carboxylic acids is 2. The Morgan fingerprint density at radius 2 is 1.55 bits per heavy atom. The van der Waals surface area contributed by atoms with Crippen molar-refractivity contribution in [3.63, 3.8) is 0 Å². The fraction of sp³-hybridized carbons (Fsp3) is 0.433. The number of amides is 1. The smallest absolute Gasteiger partial charge is 0.230 e. The first kappa shape index (κ1) is 28.9. The Balaban J connectivity index is 1.40. The molecule has 0 spiro atoms. The van der Waals surface area contributed by atoms with Gasteiger partial charge in [-0.1, -0.05) is 38.1 Å². The number of Topliss-reactive ketones (excluding diaryl/α,β-unsaturated/α-hetero) is 1. The van der Waals surface area contributed by atoms with Crippen LogP contribution in [0.3, 0.4) is 0 Å². The van der Waals surface area contributed by atoms with Gasteiger partial charge in [-0.05, 0) is 54.9 Å². The average Bonchev–Trinajstić information content (AvgIpc) is 3.29. The minimum absolute atomic E-state index is 0.0598. The predicted octanol–water partition coefficient (Wildman–Crippen LogP) is 3.30. The second-order valence-corrected chi connectivity index (χ2v) is 9.68. The lowest BCUT2D eigenvalue weighted by molar-refractivity contribution is -0.128. The molecule has 0 atom stereocenters. The molecule has 1 fully saturated rings. The standard InChI is InChI=1S/C30H38N6O4/c1-4-35(5-2)16-17-40-26-13-6-22(7-14-26)10-15-27-32-28(21-36-20-24(37)18-29(36)38)34-30(33-27)31-19-23-8-11-25(39-3)12-9-23/h6-9,11-14H,4-5,10,15-21H2,1-3H3,(H,31,32,33,34). The number of methoxy groups -OCH3 is 1. The zero-order valence-corrected chi connectivity index (χ0v) is 23.6. The largest absolute Gasteiger partial charge is 0.497 e. The van der Waals surface area contributed by atoms with Crippen LogP contribution in [0.25, 0.3) is 0 Å². The van der Waals surface area contributed by atoms with Crippen LogP contribution in [-0.2, 0) is 35.5 Å². The van der Waals surface area contributed by atoms with E-state index in [9.17, 15) is 9.59 Å². The molecule has 1 saturated heterocycles. The fourth-order valence-electron chi connectivity index (χ4n) is 4.45. The van der Waals surface area contributed by atoms with Crippen molar-refractivity contribution in [2.75, 3.05) is 45.2 Å². The molecule has 0 radical (unpaired) electrons. The average molecular weight is 547 g/mol. The van der Waals surface area contributed by atoms with E-state index in [4.69, 9.17) is 9.47 Å². The van der Waals surface area contributed by atoms with E-state index in [2.05, 4.69) is 51.1 Å². The number of ether oxygens (including phenoxy) is 2. The van der Waals surface area contributed by atoms with Gasteiger partial charge in [0.15, 0.2) is 11.6 Å². The SMILES string of the molecule is CCN(CC)CCOc1ccc(CCc2nc(CN3CC(=O)CC3=O)nc(NCc3ccc(OC)cc3)n2)cc1. The zero-order valence-electron chi connectivity index (χ0n) is 23.6. The van der Waals surface area contributed by atoms with Gasteiger partial charge in [0.1, 0.15) is 23.9 Å². The highest BCUT2D eigenvalue weighted by Crippen LogP contribution is 2.16. The highest BCUT2D eigenvalue weighted by molar-refractivity contribution is 6.05. The summed E-state index contributed by atoms with van der Waals surface area (Å²) in [5.41, 5.74) is 2.19. The summed E-state index contributed by atoms with van der Waals surface area (Å²) in [4.78, 5) is 41.6. The number of hydrogen-bond donors (Lipinski definition) is 1. The maximum Gasteiger partial charge on any atom is 0.230 e. The number of rotatable bonds is 15. The summed E-state index contributed by atoms with van der Waals surface area (Å²) < 4.78 is 11.1. The number of hydrogen-bond acceptors (Lipinski definition) is 9. The molecule has 10 heteroatoms. The van der Waals surface area contributed by atoms with Crippen LogP contribution < -0.4 is 14.8 Å². The number of carbonyl (C=O) groups is 2. The molecule has 0 unspecified atom stereocenters. The van der Waals surface area contributed by atoms with Crippen LogP contribution in [0, 0.1) is 0 Å². The molecule has 0 aliphatic carbocycles. The van der Waals surface area contributed by atoms with Gasteiger partial charge in [0, 0.05) is 19.5 Å². The van der Waals surface area contributed by atoms with Gasteiger partial charge >= 0.3 is 0 Å². The monoisotopic (exact) mass is 546 g/mol. The van der Waals surface area contributed by atoms with E-state index in [1.807, 2.05) is 36.4 Å². The van der Waals surface area contributed by atoms with Crippen molar-refractivity contribution in [2.45, 2.75) is 46.2 Å². The van der Waals surface area contributed by atoms with Crippen molar-refractivity contribution >= 4 is 17.6 Å². The van der Waals surface area contributed by atoms with Crippen LogP contribution in [0.15, 0.2) is 48.5 Å². The van der Waals surface area contributed by atoms with Crippen molar-refractivity contribution in [1.29, 1.82) is 0 Å². The van der Waals surface area contributed by atoms with Crippen LogP contribution in [-0.4, -0.2) is 76.3 Å². The van der Waals surface area contributed by atoms with Crippen LogP contribution in [0.4, 0.5) is 5.95 Å². The number of likely N-dealkylation sites (N-methyl/N-ethyl adjacent to an activating group) is 1. The van der Waals surface area contributed by atoms with Gasteiger partial charge < -0.3 is 24.6 Å². The molecule has 1 aliphatic rings. The summed E-state index contributed by atoms with van der Waals surface area (Å²) in [5.74, 6) is 2.88. The minimum atomic E-state index is -0.195. The lowest BCUT2D eigenvalue weighted by atomic mass is 10.1. The van der Waals surface area contributed by atoms with Crippen molar-refractivity contribution < 1.29 is 19.1 Å². The first-order chi connectivity index (χ1) is 19.4. The molecule has 10 nitrogen and oxygen atoms in total. The third-order valence-electron chi connectivity index (χ3n) is 6.87. The molecule has 40 heavy (non-hydrogen) atoms. The Morgan fingerprint density at radius 1 is 0.875 bits per heavy atom. The van der Waals surface area contributed by atoms with Gasteiger partial charge in [0.05, 0.1) is 26.6 Å². The van der Waals surface area contributed by atoms with Crippen molar-refractivity contribution in [1.82, 2.24) is 24.8 Å². The summed E-state index contributed by atoms with van der Waals surface area (Å²) >= 11 is 0. The second-order valence-electron chi connectivity index (χ2n) is 9.68. The highest BCUT2D eigenvalue weighted by Gasteiger charge is 2.28. The lowest BCUT2D eigenvalue weighted by Crippen LogP contribution is -2.27. The van der Waals surface area contributed by atoms with Gasteiger partial charge in [0.25, 0.3) is 0 Å². The van der Waals surface area contributed by atoms with E-state index in [-0.39, 0.29) is 31.2 Å². The number of aryl methyl sites for hydroxylation is 2. The normalized spacial score (nSPS) is 13.2. The van der Waals surface area contributed by atoms with Crippen LogP contribution in [0.1, 0.15) is 43.0 Å². The Kier molecular flexibility index (Phi) is 10.4. The van der Waals surface area contributed by atoms with Gasteiger partial charge in [-0.3, -0.25) is 9.59 Å². The Hall–Kier alpha value is -4.05.